The van der Waals surface area contributed by atoms with Crippen molar-refractivity contribution < 1.29 is 33.0 Å². The molecule has 0 spiro atoms. The average molecular weight is 214 g/mol. The molecule has 4 nitrogen and oxygen atoms in total. The van der Waals surface area contributed by atoms with Crippen molar-refractivity contribution in [2.75, 3.05) is 0 Å². The third-order valence-electron chi connectivity index (χ3n) is 1.95. The first-order valence-corrected chi connectivity index (χ1v) is 3.54. The second-order valence-corrected chi connectivity index (χ2v) is 3.33. The fourth-order valence-electron chi connectivity index (χ4n) is 0.887. The van der Waals surface area contributed by atoms with Gasteiger partial charge in [0.1, 0.15) is 0 Å². The number of carboxylic acid groups (broad SMARTS) is 2. The molecule has 0 atom stereocenters. The first-order valence-electron chi connectivity index (χ1n) is 3.54. The Morgan fingerprint density at radius 3 is 1.43 bits per heavy atom. The molecule has 0 aromatic carbocycles. The van der Waals surface area contributed by atoms with E-state index in [2.05, 4.69) is 0 Å². The normalized spacial score (nSPS) is 13.0. The van der Waals surface area contributed by atoms with Gasteiger partial charge in [-0.1, -0.05) is 0 Å². The van der Waals surface area contributed by atoms with Crippen LogP contribution in [-0.4, -0.2) is 28.3 Å². The molecule has 0 aliphatic carbocycles. The molecule has 0 aliphatic rings. The maximum Gasteiger partial charge on any atom is 0.395 e. The Labute approximate surface area is 77.3 Å². The first-order chi connectivity index (χ1) is 6.01. The standard InChI is InChI=1S/C7H9F3O4/c1-6(2,7(8,9)10)3(4(11)12)5(13)14/h3H,1-2H3,(H,11,12)(H,13,14). The van der Waals surface area contributed by atoms with Crippen LogP contribution < -0.4 is 0 Å². The van der Waals surface area contributed by atoms with Crippen LogP contribution in [0.15, 0.2) is 0 Å². The molecule has 0 aliphatic heterocycles. The van der Waals surface area contributed by atoms with Gasteiger partial charge in [0.15, 0.2) is 5.92 Å². The smallest absolute Gasteiger partial charge is 0.395 e. The molecule has 0 bridgehead atoms. The van der Waals surface area contributed by atoms with Gasteiger partial charge in [-0.15, -0.1) is 0 Å². The lowest BCUT2D eigenvalue weighted by atomic mass is 9.78. The van der Waals surface area contributed by atoms with Gasteiger partial charge in [-0.2, -0.15) is 13.2 Å². The predicted octanol–water partition coefficient (Wildman–Crippen LogP) is 1.36. The zero-order valence-corrected chi connectivity index (χ0v) is 7.42. The summed E-state index contributed by atoms with van der Waals surface area (Å²) in [6, 6.07) is 0. The zero-order chi connectivity index (χ0) is 11.7. The summed E-state index contributed by atoms with van der Waals surface area (Å²) in [5, 5.41) is 16.7. The SMILES string of the molecule is CC(C)(C(C(=O)O)C(=O)O)C(F)(F)F. The number of aliphatic carboxylic acids is 2. The summed E-state index contributed by atoms with van der Waals surface area (Å²) in [5.41, 5.74) is -2.80. The number of hydrogen-bond donors (Lipinski definition) is 2. The van der Waals surface area contributed by atoms with Crippen LogP contribution in [0.4, 0.5) is 13.2 Å². The van der Waals surface area contributed by atoms with Crippen molar-refractivity contribution in [3.8, 4) is 0 Å². The van der Waals surface area contributed by atoms with E-state index in [4.69, 9.17) is 10.2 Å². The minimum atomic E-state index is -4.88. The average Bonchev–Trinajstić information content (AvgIpc) is 1.79. The number of halogens is 3. The van der Waals surface area contributed by atoms with E-state index in [-0.39, 0.29) is 0 Å². The highest BCUT2D eigenvalue weighted by atomic mass is 19.4. The van der Waals surface area contributed by atoms with Crippen LogP contribution in [0, 0.1) is 11.3 Å². The van der Waals surface area contributed by atoms with Gasteiger partial charge in [-0.25, -0.2) is 0 Å². The van der Waals surface area contributed by atoms with Crippen LogP contribution in [0.5, 0.6) is 0 Å². The second kappa shape index (κ2) is 3.47. The number of rotatable bonds is 3. The van der Waals surface area contributed by atoms with Crippen molar-refractivity contribution in [2.24, 2.45) is 11.3 Å². The fraction of sp³-hybridized carbons (Fsp3) is 0.714. The molecule has 0 saturated heterocycles. The lowest BCUT2D eigenvalue weighted by Gasteiger charge is -2.30. The molecule has 0 amide bonds. The Balaban J connectivity index is 5.21. The molecule has 7 heteroatoms. The van der Waals surface area contributed by atoms with Gasteiger partial charge in [0.05, 0.1) is 5.41 Å². The molecule has 0 saturated carbocycles. The van der Waals surface area contributed by atoms with Gasteiger partial charge in [-0.05, 0) is 13.8 Å². The Hall–Kier alpha value is -1.27. The third-order valence-corrected chi connectivity index (χ3v) is 1.95. The molecule has 0 fully saturated rings. The van der Waals surface area contributed by atoms with E-state index < -0.39 is 29.4 Å². The molecule has 0 radical (unpaired) electrons. The highest BCUT2D eigenvalue weighted by molar-refractivity contribution is 5.93. The predicted molar refractivity (Wildman–Crippen MR) is 38.6 cm³/mol. The summed E-state index contributed by atoms with van der Waals surface area (Å²) in [6.45, 7) is 1.08. The third kappa shape index (κ3) is 2.15. The molecule has 0 heterocycles. The molecule has 0 unspecified atom stereocenters. The molecular formula is C7H9F3O4. The minimum Gasteiger partial charge on any atom is -0.481 e. The maximum atomic E-state index is 12.3. The summed E-state index contributed by atoms with van der Waals surface area (Å²) in [7, 11) is 0. The van der Waals surface area contributed by atoms with Crippen LogP contribution in [0.3, 0.4) is 0 Å². The second-order valence-electron chi connectivity index (χ2n) is 3.33. The molecular weight excluding hydrogens is 205 g/mol. The number of carboxylic acids is 2. The summed E-state index contributed by atoms with van der Waals surface area (Å²) in [4.78, 5) is 20.7. The summed E-state index contributed by atoms with van der Waals surface area (Å²) >= 11 is 0. The lowest BCUT2D eigenvalue weighted by molar-refractivity contribution is -0.234. The topological polar surface area (TPSA) is 74.6 Å². The zero-order valence-electron chi connectivity index (χ0n) is 7.42. The molecule has 14 heavy (non-hydrogen) atoms. The molecule has 2 N–H and O–H groups in total. The van der Waals surface area contributed by atoms with Crippen molar-refractivity contribution >= 4 is 11.9 Å². The monoisotopic (exact) mass is 214 g/mol. The van der Waals surface area contributed by atoms with Crippen molar-refractivity contribution in [3.63, 3.8) is 0 Å². The summed E-state index contributed by atoms with van der Waals surface area (Å²) in [6.07, 6.45) is -4.88. The van der Waals surface area contributed by atoms with E-state index in [1.165, 1.54) is 0 Å². The molecule has 0 aromatic rings. The van der Waals surface area contributed by atoms with Crippen LogP contribution in [0.25, 0.3) is 0 Å². The van der Waals surface area contributed by atoms with Crippen molar-refractivity contribution in [3.05, 3.63) is 0 Å². The van der Waals surface area contributed by atoms with E-state index in [9.17, 15) is 22.8 Å². The van der Waals surface area contributed by atoms with Crippen LogP contribution in [-0.2, 0) is 9.59 Å². The molecule has 0 rings (SSSR count). The lowest BCUT2D eigenvalue weighted by Crippen LogP contribution is -2.46. The Kier molecular flexibility index (Phi) is 3.15. The van der Waals surface area contributed by atoms with Gasteiger partial charge in [0.25, 0.3) is 0 Å². The van der Waals surface area contributed by atoms with E-state index in [1.807, 2.05) is 0 Å². The quantitative estimate of drug-likeness (QED) is 0.695. The van der Waals surface area contributed by atoms with Gasteiger partial charge < -0.3 is 10.2 Å². The number of carbonyl (C=O) groups is 2. The Morgan fingerprint density at radius 2 is 1.36 bits per heavy atom. The highest BCUT2D eigenvalue weighted by Crippen LogP contribution is 2.43. The minimum absolute atomic E-state index is 0.542. The van der Waals surface area contributed by atoms with Gasteiger partial charge in [-0.3, -0.25) is 9.59 Å². The maximum absolute atomic E-state index is 12.3. The van der Waals surface area contributed by atoms with Crippen LogP contribution >= 0.6 is 0 Å². The van der Waals surface area contributed by atoms with Crippen molar-refractivity contribution in [1.82, 2.24) is 0 Å². The number of hydrogen-bond acceptors (Lipinski definition) is 2. The van der Waals surface area contributed by atoms with E-state index in [0.29, 0.717) is 13.8 Å². The Morgan fingerprint density at radius 1 is 1.07 bits per heavy atom. The van der Waals surface area contributed by atoms with Crippen molar-refractivity contribution in [1.29, 1.82) is 0 Å². The van der Waals surface area contributed by atoms with Gasteiger partial charge in [0.2, 0.25) is 0 Å². The van der Waals surface area contributed by atoms with Gasteiger partial charge >= 0.3 is 18.1 Å². The fourth-order valence-corrected chi connectivity index (χ4v) is 0.887. The Bertz CT molecular complexity index is 242. The summed E-state index contributed by atoms with van der Waals surface area (Å²) in [5.74, 6) is -6.50. The molecule has 0 aromatic heterocycles. The van der Waals surface area contributed by atoms with Crippen molar-refractivity contribution in [2.45, 2.75) is 20.0 Å². The molecule has 82 valence electrons. The van der Waals surface area contributed by atoms with E-state index in [1.54, 1.807) is 0 Å². The first kappa shape index (κ1) is 12.7. The summed E-state index contributed by atoms with van der Waals surface area (Å²) < 4.78 is 36.8. The number of alkyl halides is 3. The largest absolute Gasteiger partial charge is 0.481 e. The van der Waals surface area contributed by atoms with E-state index >= 15 is 0 Å². The van der Waals surface area contributed by atoms with Gasteiger partial charge in [0, 0.05) is 0 Å². The van der Waals surface area contributed by atoms with Crippen LogP contribution in [0.2, 0.25) is 0 Å². The highest BCUT2D eigenvalue weighted by Gasteiger charge is 2.58. The van der Waals surface area contributed by atoms with E-state index in [0.717, 1.165) is 0 Å². The van der Waals surface area contributed by atoms with Crippen LogP contribution in [0.1, 0.15) is 13.8 Å².